The van der Waals surface area contributed by atoms with Crippen LogP contribution >= 0.6 is 0 Å². The molecule has 0 saturated heterocycles. The molecule has 3 nitrogen and oxygen atoms in total. The molecule has 4 rings (SSSR count). The van der Waals surface area contributed by atoms with Gasteiger partial charge in [-0.25, -0.2) is 4.98 Å². The first-order valence-electron chi connectivity index (χ1n) is 8.15. The second kappa shape index (κ2) is 6.59. The van der Waals surface area contributed by atoms with E-state index in [1.165, 1.54) is 16.5 Å². The van der Waals surface area contributed by atoms with Gasteiger partial charge in [-0.3, -0.25) is 0 Å². The van der Waals surface area contributed by atoms with E-state index in [2.05, 4.69) is 81.6 Å². The maximum Gasteiger partial charge on any atom is 0.153 e. The van der Waals surface area contributed by atoms with Crippen molar-refractivity contribution in [2.24, 2.45) is 0 Å². The van der Waals surface area contributed by atoms with Crippen LogP contribution in [0.4, 0.5) is 5.82 Å². The molecule has 2 aromatic carbocycles. The third-order valence-corrected chi connectivity index (χ3v) is 4.19. The normalized spacial score (nSPS) is 10.8. The molecule has 0 aliphatic rings. The predicted molar refractivity (Wildman–Crippen MR) is 98.9 cm³/mol. The number of nitrogens with zero attached hydrogens (tertiary/aromatic N) is 2. The predicted octanol–water partition coefficient (Wildman–Crippen LogP) is 4.77. The van der Waals surface area contributed by atoms with Crippen molar-refractivity contribution < 1.29 is 0 Å². The van der Waals surface area contributed by atoms with E-state index in [4.69, 9.17) is 0 Å². The van der Waals surface area contributed by atoms with Gasteiger partial charge in [0.1, 0.15) is 0 Å². The van der Waals surface area contributed by atoms with Gasteiger partial charge in [-0.1, -0.05) is 60.7 Å². The van der Waals surface area contributed by atoms with Crippen LogP contribution in [0.2, 0.25) is 0 Å². The SMILES string of the molecule is c1ccc(CN(Cc2ccccc2)c2nccc3cc[nH]c23)cc1. The molecule has 0 bridgehead atoms. The lowest BCUT2D eigenvalue weighted by molar-refractivity contribution is 0.787. The number of benzene rings is 2. The molecule has 0 aliphatic heterocycles. The fourth-order valence-electron chi connectivity index (χ4n) is 3.02. The molecule has 4 aromatic rings. The Labute approximate surface area is 141 Å². The second-order valence-electron chi connectivity index (χ2n) is 5.90. The highest BCUT2D eigenvalue weighted by atomic mass is 15.2. The van der Waals surface area contributed by atoms with Gasteiger partial charge in [-0.15, -0.1) is 0 Å². The minimum atomic E-state index is 0.820. The van der Waals surface area contributed by atoms with E-state index in [1.54, 1.807) is 0 Å². The highest BCUT2D eigenvalue weighted by molar-refractivity contribution is 5.89. The molecule has 0 amide bonds. The molecule has 2 heterocycles. The van der Waals surface area contributed by atoms with Crippen LogP contribution in [0.5, 0.6) is 0 Å². The van der Waals surface area contributed by atoms with Gasteiger partial charge in [0, 0.05) is 30.9 Å². The minimum Gasteiger partial charge on any atom is -0.358 e. The highest BCUT2D eigenvalue weighted by Crippen LogP contribution is 2.25. The van der Waals surface area contributed by atoms with Crippen molar-refractivity contribution in [2.45, 2.75) is 13.1 Å². The number of pyridine rings is 1. The van der Waals surface area contributed by atoms with Crippen LogP contribution in [0.3, 0.4) is 0 Å². The van der Waals surface area contributed by atoms with Crippen LogP contribution in [-0.2, 0) is 13.1 Å². The molecule has 0 unspecified atom stereocenters. The quantitative estimate of drug-likeness (QED) is 0.575. The summed E-state index contributed by atoms with van der Waals surface area (Å²) in [6.45, 7) is 1.64. The third kappa shape index (κ3) is 3.01. The lowest BCUT2D eigenvalue weighted by Gasteiger charge is -2.24. The number of anilines is 1. The summed E-state index contributed by atoms with van der Waals surface area (Å²) < 4.78 is 0. The summed E-state index contributed by atoms with van der Waals surface area (Å²) >= 11 is 0. The van der Waals surface area contributed by atoms with Gasteiger partial charge < -0.3 is 9.88 Å². The Kier molecular flexibility index (Phi) is 3.98. The smallest absolute Gasteiger partial charge is 0.153 e. The topological polar surface area (TPSA) is 31.9 Å². The van der Waals surface area contributed by atoms with Crippen LogP contribution in [0, 0.1) is 0 Å². The van der Waals surface area contributed by atoms with E-state index in [9.17, 15) is 0 Å². The molecule has 0 aliphatic carbocycles. The number of hydrogen-bond acceptors (Lipinski definition) is 2. The molecule has 0 atom stereocenters. The fourth-order valence-corrected chi connectivity index (χ4v) is 3.02. The first-order valence-corrected chi connectivity index (χ1v) is 8.15. The average molecular weight is 313 g/mol. The Morgan fingerprint density at radius 2 is 1.38 bits per heavy atom. The minimum absolute atomic E-state index is 0.820. The summed E-state index contributed by atoms with van der Waals surface area (Å²) in [4.78, 5) is 10.3. The molecule has 24 heavy (non-hydrogen) atoms. The molecule has 3 heteroatoms. The maximum absolute atomic E-state index is 4.67. The zero-order chi connectivity index (χ0) is 16.2. The van der Waals surface area contributed by atoms with Crippen LogP contribution in [0.25, 0.3) is 10.9 Å². The number of fused-ring (bicyclic) bond motifs is 1. The van der Waals surface area contributed by atoms with Crippen LogP contribution in [-0.4, -0.2) is 9.97 Å². The lowest BCUT2D eigenvalue weighted by atomic mass is 10.1. The van der Waals surface area contributed by atoms with Gasteiger partial charge in [-0.05, 0) is 23.3 Å². The van der Waals surface area contributed by atoms with Gasteiger partial charge in [0.05, 0.1) is 5.52 Å². The molecule has 2 aromatic heterocycles. The van der Waals surface area contributed by atoms with Gasteiger partial charge in [0.15, 0.2) is 5.82 Å². The second-order valence-corrected chi connectivity index (χ2v) is 5.90. The van der Waals surface area contributed by atoms with Crippen molar-refractivity contribution in [3.63, 3.8) is 0 Å². The number of aromatic nitrogens is 2. The summed E-state index contributed by atoms with van der Waals surface area (Å²) in [6.07, 6.45) is 3.85. The molecule has 0 radical (unpaired) electrons. The van der Waals surface area contributed by atoms with E-state index < -0.39 is 0 Å². The van der Waals surface area contributed by atoms with Gasteiger partial charge >= 0.3 is 0 Å². The summed E-state index contributed by atoms with van der Waals surface area (Å²) in [5, 5.41) is 1.19. The zero-order valence-corrected chi connectivity index (χ0v) is 13.4. The van der Waals surface area contributed by atoms with Crippen molar-refractivity contribution in [1.82, 2.24) is 9.97 Å². The molecule has 0 fully saturated rings. The van der Waals surface area contributed by atoms with E-state index in [0.717, 1.165) is 24.4 Å². The van der Waals surface area contributed by atoms with E-state index in [1.807, 2.05) is 18.5 Å². The number of nitrogens with one attached hydrogen (secondary N) is 1. The standard InChI is InChI=1S/C21H19N3/c1-3-7-17(8-4-1)15-24(16-18-9-5-2-6-10-18)21-20-19(11-13-22-20)12-14-23-21/h1-14,22H,15-16H2. The zero-order valence-electron chi connectivity index (χ0n) is 13.4. The summed E-state index contributed by atoms with van der Waals surface area (Å²) in [6, 6.07) is 25.2. The Morgan fingerprint density at radius 3 is 2.00 bits per heavy atom. The summed E-state index contributed by atoms with van der Waals surface area (Å²) in [7, 11) is 0. The molecular weight excluding hydrogens is 294 g/mol. The van der Waals surface area contributed by atoms with Gasteiger partial charge in [0.25, 0.3) is 0 Å². The Bertz CT molecular complexity index is 872. The van der Waals surface area contributed by atoms with E-state index in [0.29, 0.717) is 0 Å². The molecular formula is C21H19N3. The average Bonchev–Trinajstić information content (AvgIpc) is 3.12. The highest BCUT2D eigenvalue weighted by Gasteiger charge is 2.13. The van der Waals surface area contributed by atoms with Crippen molar-refractivity contribution in [1.29, 1.82) is 0 Å². The molecule has 0 saturated carbocycles. The molecule has 1 N–H and O–H groups in total. The molecule has 0 spiro atoms. The summed E-state index contributed by atoms with van der Waals surface area (Å²) in [5.41, 5.74) is 3.64. The van der Waals surface area contributed by atoms with E-state index >= 15 is 0 Å². The van der Waals surface area contributed by atoms with Crippen LogP contribution in [0.15, 0.2) is 85.2 Å². The van der Waals surface area contributed by atoms with E-state index in [-0.39, 0.29) is 0 Å². The van der Waals surface area contributed by atoms with Gasteiger partial charge in [0.2, 0.25) is 0 Å². The monoisotopic (exact) mass is 313 g/mol. The van der Waals surface area contributed by atoms with Crippen molar-refractivity contribution >= 4 is 16.7 Å². The third-order valence-electron chi connectivity index (χ3n) is 4.19. The van der Waals surface area contributed by atoms with Crippen molar-refractivity contribution in [3.05, 3.63) is 96.3 Å². The number of rotatable bonds is 5. The fraction of sp³-hybridized carbons (Fsp3) is 0.0952. The number of hydrogen-bond donors (Lipinski definition) is 1. The molecule has 118 valence electrons. The van der Waals surface area contributed by atoms with Crippen LogP contribution < -0.4 is 4.90 Å². The largest absolute Gasteiger partial charge is 0.358 e. The Hall–Kier alpha value is -3.07. The Morgan fingerprint density at radius 1 is 0.750 bits per heavy atom. The maximum atomic E-state index is 4.67. The number of H-pyrrole nitrogens is 1. The van der Waals surface area contributed by atoms with Crippen molar-refractivity contribution in [2.75, 3.05) is 4.90 Å². The lowest BCUT2D eigenvalue weighted by Crippen LogP contribution is -2.23. The first-order chi connectivity index (χ1) is 11.9. The first kappa shape index (κ1) is 14.5. The van der Waals surface area contributed by atoms with Crippen LogP contribution in [0.1, 0.15) is 11.1 Å². The van der Waals surface area contributed by atoms with Gasteiger partial charge in [-0.2, -0.15) is 0 Å². The van der Waals surface area contributed by atoms with Crippen molar-refractivity contribution in [3.8, 4) is 0 Å². The summed E-state index contributed by atoms with van der Waals surface area (Å²) in [5.74, 6) is 0.991. The number of aromatic amines is 1. The Balaban J connectivity index is 1.73.